The molecule has 0 spiro atoms. The SMILES string of the molecule is CCCCOc1ccccc1[C@@H]1CC(=O)Nc2c(S(=O)(=O)c3ccccc3)csc21. The third-order valence-corrected chi connectivity index (χ3v) is 8.19. The van der Waals surface area contributed by atoms with E-state index in [1.807, 2.05) is 24.3 Å². The Labute approximate surface area is 180 Å². The quantitative estimate of drug-likeness (QED) is 0.509. The highest BCUT2D eigenvalue weighted by Gasteiger charge is 2.35. The van der Waals surface area contributed by atoms with Crippen molar-refractivity contribution in [2.75, 3.05) is 11.9 Å². The van der Waals surface area contributed by atoms with Crippen LogP contribution in [0, 0.1) is 0 Å². The zero-order valence-electron chi connectivity index (χ0n) is 16.6. The second-order valence-corrected chi connectivity index (χ2v) is 10.0. The number of hydrogen-bond donors (Lipinski definition) is 1. The average Bonchev–Trinajstić information content (AvgIpc) is 3.19. The van der Waals surface area contributed by atoms with Gasteiger partial charge in [0, 0.05) is 28.2 Å². The van der Waals surface area contributed by atoms with Crippen LogP contribution in [0.5, 0.6) is 5.75 Å². The number of unbranched alkanes of at least 4 members (excludes halogenated alkanes) is 1. The Hall–Kier alpha value is -2.64. The molecule has 1 N–H and O–H groups in total. The third-order valence-electron chi connectivity index (χ3n) is 5.15. The number of amides is 1. The predicted molar refractivity (Wildman–Crippen MR) is 118 cm³/mol. The van der Waals surface area contributed by atoms with Gasteiger partial charge in [0.1, 0.15) is 10.6 Å². The van der Waals surface area contributed by atoms with Gasteiger partial charge in [0.05, 0.1) is 17.2 Å². The van der Waals surface area contributed by atoms with Crippen molar-refractivity contribution in [1.29, 1.82) is 0 Å². The molecule has 1 aliphatic rings. The van der Waals surface area contributed by atoms with Crippen molar-refractivity contribution in [3.8, 4) is 5.75 Å². The molecule has 2 heterocycles. The van der Waals surface area contributed by atoms with Crippen molar-refractivity contribution < 1.29 is 17.9 Å². The molecule has 0 saturated carbocycles. The van der Waals surface area contributed by atoms with Gasteiger partial charge in [-0.2, -0.15) is 0 Å². The molecule has 0 unspecified atom stereocenters. The van der Waals surface area contributed by atoms with Crippen LogP contribution in [0.25, 0.3) is 0 Å². The molecule has 0 aliphatic carbocycles. The third kappa shape index (κ3) is 3.87. The van der Waals surface area contributed by atoms with Gasteiger partial charge in [0.15, 0.2) is 0 Å². The lowest BCUT2D eigenvalue weighted by Gasteiger charge is -2.25. The Morgan fingerprint density at radius 3 is 2.60 bits per heavy atom. The van der Waals surface area contributed by atoms with E-state index in [1.165, 1.54) is 11.3 Å². The average molecular weight is 442 g/mol. The molecule has 0 radical (unpaired) electrons. The summed E-state index contributed by atoms with van der Waals surface area (Å²) in [7, 11) is -3.73. The minimum atomic E-state index is -3.73. The largest absolute Gasteiger partial charge is 0.493 e. The summed E-state index contributed by atoms with van der Waals surface area (Å²) in [5.41, 5.74) is 1.31. The first-order valence-corrected chi connectivity index (χ1v) is 12.3. The highest BCUT2D eigenvalue weighted by molar-refractivity contribution is 7.91. The van der Waals surface area contributed by atoms with E-state index in [9.17, 15) is 13.2 Å². The number of thiophene rings is 1. The topological polar surface area (TPSA) is 72.5 Å². The monoisotopic (exact) mass is 441 g/mol. The van der Waals surface area contributed by atoms with Gasteiger partial charge in [-0.1, -0.05) is 49.7 Å². The first-order valence-electron chi connectivity index (χ1n) is 9.95. The van der Waals surface area contributed by atoms with E-state index in [4.69, 9.17) is 4.74 Å². The van der Waals surface area contributed by atoms with Gasteiger partial charge in [-0.25, -0.2) is 8.42 Å². The van der Waals surface area contributed by atoms with Crippen LogP contribution in [-0.4, -0.2) is 20.9 Å². The number of hydrogen-bond acceptors (Lipinski definition) is 5. The molecule has 5 nitrogen and oxygen atoms in total. The highest BCUT2D eigenvalue weighted by Crippen LogP contribution is 2.47. The van der Waals surface area contributed by atoms with Gasteiger partial charge in [0.2, 0.25) is 15.7 Å². The summed E-state index contributed by atoms with van der Waals surface area (Å²) in [6.07, 6.45) is 2.24. The molecule has 7 heteroatoms. The van der Waals surface area contributed by atoms with E-state index in [1.54, 1.807) is 35.7 Å². The van der Waals surface area contributed by atoms with E-state index >= 15 is 0 Å². The van der Waals surface area contributed by atoms with Crippen LogP contribution in [0.2, 0.25) is 0 Å². The number of ether oxygens (including phenoxy) is 1. The molecule has 1 amide bonds. The number of anilines is 1. The molecule has 3 aromatic rings. The fourth-order valence-corrected chi connectivity index (χ4v) is 6.53. The van der Waals surface area contributed by atoms with Crippen LogP contribution in [0.15, 0.2) is 69.8 Å². The molecule has 1 atom stereocenters. The van der Waals surface area contributed by atoms with Crippen molar-refractivity contribution in [1.82, 2.24) is 0 Å². The number of carbonyl (C=O) groups is 1. The van der Waals surface area contributed by atoms with Crippen molar-refractivity contribution in [3.05, 3.63) is 70.4 Å². The van der Waals surface area contributed by atoms with Gasteiger partial charge >= 0.3 is 0 Å². The van der Waals surface area contributed by atoms with Gasteiger partial charge in [-0.05, 0) is 24.6 Å². The summed E-state index contributed by atoms with van der Waals surface area (Å²) < 4.78 is 32.4. The molecule has 0 saturated heterocycles. The number of rotatable bonds is 7. The van der Waals surface area contributed by atoms with Gasteiger partial charge in [0.25, 0.3) is 0 Å². The molecule has 1 aliphatic heterocycles. The molecular formula is C23H23NO4S2. The number of fused-ring (bicyclic) bond motifs is 1. The minimum absolute atomic E-state index is 0.149. The van der Waals surface area contributed by atoms with Crippen LogP contribution in [-0.2, 0) is 14.6 Å². The van der Waals surface area contributed by atoms with Crippen LogP contribution in [0.3, 0.4) is 0 Å². The Morgan fingerprint density at radius 1 is 1.10 bits per heavy atom. The molecule has 0 fully saturated rings. The van der Waals surface area contributed by atoms with E-state index in [-0.39, 0.29) is 28.0 Å². The van der Waals surface area contributed by atoms with E-state index in [2.05, 4.69) is 12.2 Å². The van der Waals surface area contributed by atoms with E-state index in [0.717, 1.165) is 29.0 Å². The van der Waals surface area contributed by atoms with Crippen molar-refractivity contribution in [2.45, 2.75) is 41.9 Å². The van der Waals surface area contributed by atoms with Gasteiger partial charge < -0.3 is 10.1 Å². The van der Waals surface area contributed by atoms with Crippen molar-refractivity contribution in [2.24, 2.45) is 0 Å². The Bertz CT molecular complexity index is 1150. The summed E-state index contributed by atoms with van der Waals surface area (Å²) in [6.45, 7) is 2.71. The zero-order chi connectivity index (χ0) is 21.1. The minimum Gasteiger partial charge on any atom is -0.493 e. The fourth-order valence-electron chi connectivity index (χ4n) is 3.61. The first-order chi connectivity index (χ1) is 14.5. The molecule has 156 valence electrons. The predicted octanol–water partition coefficient (Wildman–Crippen LogP) is 5.23. The molecule has 4 rings (SSSR count). The molecule has 0 bridgehead atoms. The summed E-state index contributed by atoms with van der Waals surface area (Å²) in [5, 5.41) is 4.44. The van der Waals surface area contributed by atoms with Gasteiger partial charge in [-0.3, -0.25) is 4.79 Å². The number of benzene rings is 2. The molecule has 30 heavy (non-hydrogen) atoms. The van der Waals surface area contributed by atoms with E-state index in [0.29, 0.717) is 12.3 Å². The molecular weight excluding hydrogens is 418 g/mol. The Kier molecular flexibility index (Phi) is 5.92. The Morgan fingerprint density at radius 2 is 1.83 bits per heavy atom. The van der Waals surface area contributed by atoms with Crippen LogP contribution >= 0.6 is 11.3 Å². The maximum Gasteiger partial charge on any atom is 0.225 e. The molecule has 2 aromatic carbocycles. The summed E-state index contributed by atoms with van der Waals surface area (Å²) in [6, 6.07) is 16.0. The van der Waals surface area contributed by atoms with E-state index < -0.39 is 9.84 Å². The smallest absolute Gasteiger partial charge is 0.225 e. The van der Waals surface area contributed by atoms with Crippen LogP contribution in [0.1, 0.15) is 42.5 Å². The number of nitrogens with one attached hydrogen (secondary N) is 1. The number of sulfone groups is 1. The zero-order valence-corrected chi connectivity index (χ0v) is 18.3. The lowest BCUT2D eigenvalue weighted by Crippen LogP contribution is -2.23. The maximum absolute atomic E-state index is 13.2. The normalized spacial score (nSPS) is 16.0. The van der Waals surface area contributed by atoms with Crippen LogP contribution < -0.4 is 10.1 Å². The fraction of sp³-hybridized carbons (Fsp3) is 0.261. The highest BCUT2D eigenvalue weighted by atomic mass is 32.2. The lowest BCUT2D eigenvalue weighted by atomic mass is 9.90. The van der Waals surface area contributed by atoms with Crippen LogP contribution in [0.4, 0.5) is 5.69 Å². The van der Waals surface area contributed by atoms with Crippen molar-refractivity contribution in [3.63, 3.8) is 0 Å². The second kappa shape index (κ2) is 8.62. The first kappa shape index (κ1) is 20.6. The standard InChI is InChI=1S/C23H23NO4S2/c1-2-3-13-28-19-12-8-7-11-17(19)18-14-21(25)24-22-20(15-29-23(18)22)30(26,27)16-9-5-4-6-10-16/h4-12,15,18H,2-3,13-14H2,1H3,(H,24,25)/t18-/m0/s1. The van der Waals surface area contributed by atoms with Crippen molar-refractivity contribution >= 4 is 32.8 Å². The maximum atomic E-state index is 13.2. The second-order valence-electron chi connectivity index (χ2n) is 7.20. The lowest BCUT2D eigenvalue weighted by molar-refractivity contribution is -0.116. The summed E-state index contributed by atoms with van der Waals surface area (Å²) >= 11 is 1.37. The number of carbonyl (C=O) groups excluding carboxylic acids is 1. The molecule has 1 aromatic heterocycles. The number of para-hydroxylation sites is 1. The summed E-state index contributed by atoms with van der Waals surface area (Å²) in [4.78, 5) is 13.8. The Balaban J connectivity index is 1.76. The van der Waals surface area contributed by atoms with Gasteiger partial charge in [-0.15, -0.1) is 11.3 Å². The summed E-state index contributed by atoms with van der Waals surface area (Å²) in [5.74, 6) is 0.313.